The number of hydrogen-bond acceptors (Lipinski definition) is 4. The van der Waals surface area contributed by atoms with Crippen LogP contribution in [0.3, 0.4) is 0 Å². The summed E-state index contributed by atoms with van der Waals surface area (Å²) in [6.07, 6.45) is 0. The highest BCUT2D eigenvalue weighted by Crippen LogP contribution is 2.57. The van der Waals surface area contributed by atoms with Gasteiger partial charge in [0.25, 0.3) is 0 Å². The van der Waals surface area contributed by atoms with Gasteiger partial charge in [0, 0.05) is 11.2 Å². The summed E-state index contributed by atoms with van der Waals surface area (Å²) in [6, 6.07) is 13.1. The predicted octanol–water partition coefficient (Wildman–Crippen LogP) is 5.92. The van der Waals surface area contributed by atoms with E-state index in [-0.39, 0.29) is 17.3 Å². The first-order valence-corrected chi connectivity index (χ1v) is 10.2. The molecule has 2 nitrogen and oxygen atoms in total. The molecule has 0 aromatic heterocycles. The van der Waals surface area contributed by atoms with Crippen LogP contribution in [0.25, 0.3) is 0 Å². The fourth-order valence-corrected chi connectivity index (χ4v) is 6.97. The third-order valence-electron chi connectivity index (χ3n) is 4.57. The second kappa shape index (κ2) is 5.81. The van der Waals surface area contributed by atoms with Gasteiger partial charge in [-0.15, -0.1) is 0 Å². The van der Waals surface area contributed by atoms with Gasteiger partial charge in [-0.25, -0.2) is 9.38 Å². The SMILES string of the molecule is Cc1ccc2c(c1)NC(C)(C)C1SSC(=Nc3cccc(F)c3)C21. The van der Waals surface area contributed by atoms with Crippen molar-refractivity contribution in [1.82, 2.24) is 0 Å². The molecule has 2 aromatic rings. The minimum absolute atomic E-state index is 0.0255. The van der Waals surface area contributed by atoms with Crippen LogP contribution in [-0.4, -0.2) is 15.8 Å². The normalized spacial score (nSPS) is 25.9. The van der Waals surface area contributed by atoms with E-state index >= 15 is 0 Å². The molecule has 2 atom stereocenters. The van der Waals surface area contributed by atoms with Crippen molar-refractivity contribution < 1.29 is 4.39 Å². The first-order valence-electron chi connectivity index (χ1n) is 8.00. The van der Waals surface area contributed by atoms with Crippen molar-refractivity contribution in [3.05, 3.63) is 59.4 Å². The number of hydrogen-bond donors (Lipinski definition) is 1. The molecule has 1 N–H and O–H groups in total. The van der Waals surface area contributed by atoms with Crippen LogP contribution in [0, 0.1) is 12.7 Å². The zero-order valence-electron chi connectivity index (χ0n) is 13.8. The van der Waals surface area contributed by atoms with Crippen LogP contribution in [0.4, 0.5) is 15.8 Å². The van der Waals surface area contributed by atoms with Gasteiger partial charge < -0.3 is 5.32 Å². The van der Waals surface area contributed by atoms with E-state index in [1.807, 2.05) is 16.9 Å². The van der Waals surface area contributed by atoms with Crippen molar-refractivity contribution >= 4 is 38.0 Å². The molecular formula is C19H19FN2S2. The molecule has 0 amide bonds. The summed E-state index contributed by atoms with van der Waals surface area (Å²) in [6.45, 7) is 6.60. The lowest BCUT2D eigenvalue weighted by atomic mass is 9.80. The molecule has 1 fully saturated rings. The van der Waals surface area contributed by atoms with E-state index in [1.165, 1.54) is 28.9 Å². The molecule has 2 aliphatic heterocycles. The van der Waals surface area contributed by atoms with Gasteiger partial charge in [-0.1, -0.05) is 29.0 Å². The Morgan fingerprint density at radius 1 is 1.17 bits per heavy atom. The molecular weight excluding hydrogens is 339 g/mol. The van der Waals surface area contributed by atoms with E-state index in [4.69, 9.17) is 4.99 Å². The Balaban J connectivity index is 1.81. The van der Waals surface area contributed by atoms with E-state index in [0.29, 0.717) is 10.9 Å². The predicted molar refractivity (Wildman–Crippen MR) is 104 cm³/mol. The van der Waals surface area contributed by atoms with Gasteiger partial charge in [-0.2, -0.15) is 0 Å². The minimum atomic E-state index is -0.245. The van der Waals surface area contributed by atoms with Crippen LogP contribution in [0.1, 0.15) is 30.9 Å². The Hall–Kier alpha value is -1.46. The van der Waals surface area contributed by atoms with Crippen molar-refractivity contribution in [3.8, 4) is 0 Å². The van der Waals surface area contributed by atoms with Crippen LogP contribution < -0.4 is 5.32 Å². The molecule has 0 radical (unpaired) electrons. The number of fused-ring (bicyclic) bond motifs is 3. The number of halogens is 1. The Morgan fingerprint density at radius 2 is 2.00 bits per heavy atom. The van der Waals surface area contributed by atoms with Crippen molar-refractivity contribution in [2.24, 2.45) is 4.99 Å². The molecule has 0 spiro atoms. The number of aryl methyl sites for hydroxylation is 1. The summed E-state index contributed by atoms with van der Waals surface area (Å²) in [5, 5.41) is 5.15. The molecule has 5 heteroatoms. The number of aliphatic imine (C=N–C) groups is 1. The molecule has 124 valence electrons. The summed E-state index contributed by atoms with van der Waals surface area (Å²) in [7, 11) is 3.58. The smallest absolute Gasteiger partial charge is 0.125 e. The van der Waals surface area contributed by atoms with Gasteiger partial charge in [0.15, 0.2) is 0 Å². The van der Waals surface area contributed by atoms with Crippen molar-refractivity contribution in [2.45, 2.75) is 37.5 Å². The molecule has 2 aromatic carbocycles. The zero-order chi connectivity index (χ0) is 16.9. The van der Waals surface area contributed by atoms with Gasteiger partial charge in [0.2, 0.25) is 0 Å². The standard InChI is InChI=1S/C19H19FN2S2/c1-11-7-8-14-15(9-11)22-19(2,3)17-16(14)18(24-23-17)21-13-6-4-5-12(20)10-13/h4-10,16-17,22H,1-3H3. The molecule has 2 aliphatic rings. The second-order valence-corrected chi connectivity index (χ2v) is 9.31. The third kappa shape index (κ3) is 2.74. The molecule has 0 saturated carbocycles. The van der Waals surface area contributed by atoms with Crippen LogP contribution in [0.5, 0.6) is 0 Å². The lowest BCUT2D eigenvalue weighted by molar-refractivity contribution is 0.505. The van der Waals surface area contributed by atoms with E-state index in [1.54, 1.807) is 16.9 Å². The Labute approximate surface area is 149 Å². The first kappa shape index (κ1) is 16.0. The molecule has 2 unspecified atom stereocenters. The van der Waals surface area contributed by atoms with Gasteiger partial charge in [-0.05, 0) is 67.0 Å². The lowest BCUT2D eigenvalue weighted by Crippen LogP contribution is -2.48. The molecule has 2 heterocycles. The van der Waals surface area contributed by atoms with Crippen LogP contribution in [-0.2, 0) is 0 Å². The van der Waals surface area contributed by atoms with Gasteiger partial charge >= 0.3 is 0 Å². The fourth-order valence-electron chi connectivity index (χ4n) is 3.40. The average Bonchev–Trinajstić information content (AvgIpc) is 2.91. The maximum Gasteiger partial charge on any atom is 0.125 e. The number of rotatable bonds is 1. The van der Waals surface area contributed by atoms with E-state index < -0.39 is 0 Å². The Kier molecular flexibility index (Phi) is 3.88. The molecule has 1 saturated heterocycles. The summed E-state index contributed by atoms with van der Waals surface area (Å²) in [4.78, 5) is 4.78. The number of nitrogens with one attached hydrogen (secondary N) is 1. The lowest BCUT2D eigenvalue weighted by Gasteiger charge is -2.42. The maximum absolute atomic E-state index is 13.5. The Bertz CT molecular complexity index is 832. The number of benzene rings is 2. The number of anilines is 1. The van der Waals surface area contributed by atoms with Crippen LogP contribution in [0.2, 0.25) is 0 Å². The molecule has 0 aliphatic carbocycles. The highest BCUT2D eigenvalue weighted by molar-refractivity contribution is 8.83. The largest absolute Gasteiger partial charge is 0.379 e. The minimum Gasteiger partial charge on any atom is -0.379 e. The van der Waals surface area contributed by atoms with Gasteiger partial charge in [0.05, 0.1) is 21.9 Å². The zero-order valence-corrected chi connectivity index (χ0v) is 15.5. The Morgan fingerprint density at radius 3 is 2.79 bits per heavy atom. The third-order valence-corrected chi connectivity index (χ3v) is 7.67. The van der Waals surface area contributed by atoms with Crippen molar-refractivity contribution in [1.29, 1.82) is 0 Å². The summed E-state index contributed by atoms with van der Waals surface area (Å²) >= 11 is 0. The monoisotopic (exact) mass is 358 g/mol. The van der Waals surface area contributed by atoms with Gasteiger partial charge in [0.1, 0.15) is 5.82 Å². The van der Waals surface area contributed by atoms with Crippen LogP contribution in [0.15, 0.2) is 47.5 Å². The molecule has 24 heavy (non-hydrogen) atoms. The molecule has 4 rings (SSSR count). The summed E-state index contributed by atoms with van der Waals surface area (Å²) in [5.74, 6) is 0.000771. The fraction of sp³-hybridized carbons (Fsp3) is 0.316. The average molecular weight is 359 g/mol. The summed E-state index contributed by atoms with van der Waals surface area (Å²) < 4.78 is 13.5. The van der Waals surface area contributed by atoms with E-state index in [9.17, 15) is 4.39 Å². The second-order valence-electron chi connectivity index (χ2n) is 6.95. The van der Waals surface area contributed by atoms with Crippen molar-refractivity contribution in [2.75, 3.05) is 5.32 Å². The topological polar surface area (TPSA) is 24.4 Å². The number of nitrogens with zero attached hydrogens (tertiary/aromatic N) is 1. The highest BCUT2D eigenvalue weighted by atomic mass is 33.1. The van der Waals surface area contributed by atoms with Gasteiger partial charge in [-0.3, -0.25) is 0 Å². The van der Waals surface area contributed by atoms with Crippen LogP contribution >= 0.6 is 21.6 Å². The quantitative estimate of drug-likeness (QED) is 0.641. The maximum atomic E-state index is 13.5. The summed E-state index contributed by atoms with van der Waals surface area (Å²) in [5.41, 5.74) is 4.39. The van der Waals surface area contributed by atoms with E-state index in [2.05, 4.69) is 44.3 Å². The molecule has 0 bridgehead atoms. The first-order chi connectivity index (χ1) is 11.4. The van der Waals surface area contributed by atoms with E-state index in [0.717, 1.165) is 5.04 Å². The van der Waals surface area contributed by atoms with Crippen molar-refractivity contribution in [3.63, 3.8) is 0 Å². The highest BCUT2D eigenvalue weighted by Gasteiger charge is 2.49.